The monoisotopic (exact) mass is 246 g/mol. The number of benzene rings is 3. The van der Waals surface area contributed by atoms with Crippen molar-refractivity contribution in [3.63, 3.8) is 0 Å². The van der Waals surface area contributed by atoms with Crippen LogP contribution >= 0.6 is 0 Å². The van der Waals surface area contributed by atoms with Crippen LogP contribution in [0, 0.1) is 0 Å². The number of phenolic OH excluding ortho intramolecular Hbond substituents is 1. The Morgan fingerprint density at radius 2 is 1.47 bits per heavy atom. The van der Waals surface area contributed by atoms with Crippen LogP contribution in [0.15, 0.2) is 73.3 Å². The van der Waals surface area contributed by atoms with Crippen LogP contribution in [0.4, 0.5) is 0 Å². The highest BCUT2D eigenvalue weighted by atomic mass is 16.3. The maximum atomic E-state index is 9.35. The van der Waals surface area contributed by atoms with Crippen LogP contribution in [0.5, 0.6) is 5.75 Å². The van der Waals surface area contributed by atoms with Gasteiger partial charge in [0, 0.05) is 0 Å². The van der Waals surface area contributed by atoms with Crippen molar-refractivity contribution in [2.24, 2.45) is 0 Å². The number of fused-ring (bicyclic) bond motifs is 1. The SMILES string of the molecule is C=C(c1ccc(O)cc1)c1cccc2ccccc12. The summed E-state index contributed by atoms with van der Waals surface area (Å²) in [7, 11) is 0. The van der Waals surface area contributed by atoms with Gasteiger partial charge < -0.3 is 5.11 Å². The van der Waals surface area contributed by atoms with Gasteiger partial charge in [0.25, 0.3) is 0 Å². The van der Waals surface area contributed by atoms with Gasteiger partial charge in [-0.3, -0.25) is 0 Å². The summed E-state index contributed by atoms with van der Waals surface area (Å²) in [4.78, 5) is 0. The smallest absolute Gasteiger partial charge is 0.115 e. The molecule has 3 aromatic carbocycles. The Labute approximate surface area is 112 Å². The Bertz CT molecular complexity index is 734. The standard InChI is InChI=1S/C18H14O/c1-13(14-9-11-16(19)12-10-14)17-8-4-6-15-5-2-3-7-18(15)17/h2-12,19H,1H2. The van der Waals surface area contributed by atoms with Crippen molar-refractivity contribution in [3.05, 3.63) is 84.4 Å². The molecule has 92 valence electrons. The van der Waals surface area contributed by atoms with Gasteiger partial charge in [0.1, 0.15) is 5.75 Å². The predicted molar refractivity (Wildman–Crippen MR) is 80.2 cm³/mol. The number of rotatable bonds is 2. The van der Waals surface area contributed by atoms with Gasteiger partial charge in [0.05, 0.1) is 0 Å². The molecular formula is C18H14O. The highest BCUT2D eigenvalue weighted by Crippen LogP contribution is 2.29. The van der Waals surface area contributed by atoms with E-state index in [1.807, 2.05) is 30.3 Å². The van der Waals surface area contributed by atoms with Crippen molar-refractivity contribution in [2.45, 2.75) is 0 Å². The number of aromatic hydroxyl groups is 1. The molecule has 3 rings (SSSR count). The minimum atomic E-state index is 0.273. The molecule has 0 fully saturated rings. The first-order valence-electron chi connectivity index (χ1n) is 6.22. The third kappa shape index (κ3) is 2.11. The van der Waals surface area contributed by atoms with Crippen molar-refractivity contribution in [2.75, 3.05) is 0 Å². The largest absolute Gasteiger partial charge is 0.508 e. The second kappa shape index (κ2) is 4.62. The molecule has 0 aliphatic carbocycles. The first kappa shape index (κ1) is 11.5. The lowest BCUT2D eigenvalue weighted by molar-refractivity contribution is 0.475. The van der Waals surface area contributed by atoms with Gasteiger partial charge >= 0.3 is 0 Å². The fourth-order valence-corrected chi connectivity index (χ4v) is 2.31. The Kier molecular flexibility index (Phi) is 2.81. The summed E-state index contributed by atoms with van der Waals surface area (Å²) in [6.45, 7) is 4.19. The molecule has 0 bridgehead atoms. The quantitative estimate of drug-likeness (QED) is 0.700. The molecule has 0 aliphatic rings. The third-order valence-electron chi connectivity index (χ3n) is 3.33. The van der Waals surface area contributed by atoms with Gasteiger partial charge in [0.2, 0.25) is 0 Å². The van der Waals surface area contributed by atoms with E-state index in [4.69, 9.17) is 0 Å². The summed E-state index contributed by atoms with van der Waals surface area (Å²) >= 11 is 0. The normalized spacial score (nSPS) is 10.5. The molecule has 0 spiro atoms. The van der Waals surface area contributed by atoms with E-state index in [-0.39, 0.29) is 5.75 Å². The minimum Gasteiger partial charge on any atom is -0.508 e. The number of phenols is 1. The molecule has 19 heavy (non-hydrogen) atoms. The van der Waals surface area contributed by atoms with E-state index in [9.17, 15) is 5.11 Å². The molecule has 0 unspecified atom stereocenters. The molecule has 0 amide bonds. The zero-order valence-corrected chi connectivity index (χ0v) is 10.5. The fourth-order valence-electron chi connectivity index (χ4n) is 2.31. The van der Waals surface area contributed by atoms with Crippen LogP contribution in [0.25, 0.3) is 16.3 Å². The van der Waals surface area contributed by atoms with Crippen LogP contribution < -0.4 is 0 Å². The van der Waals surface area contributed by atoms with Crippen LogP contribution in [0.2, 0.25) is 0 Å². The molecular weight excluding hydrogens is 232 g/mol. The van der Waals surface area contributed by atoms with E-state index in [0.717, 1.165) is 16.7 Å². The van der Waals surface area contributed by atoms with Gasteiger partial charge in [-0.1, -0.05) is 61.2 Å². The highest BCUT2D eigenvalue weighted by Gasteiger charge is 2.06. The van der Waals surface area contributed by atoms with Crippen molar-refractivity contribution in [1.29, 1.82) is 0 Å². The van der Waals surface area contributed by atoms with Crippen molar-refractivity contribution < 1.29 is 5.11 Å². The van der Waals surface area contributed by atoms with E-state index in [0.29, 0.717) is 0 Å². The Morgan fingerprint density at radius 1 is 0.789 bits per heavy atom. The first-order valence-corrected chi connectivity index (χ1v) is 6.22. The van der Waals surface area contributed by atoms with Crippen molar-refractivity contribution in [3.8, 4) is 5.75 Å². The summed E-state index contributed by atoms with van der Waals surface area (Å²) in [6, 6.07) is 21.7. The van der Waals surface area contributed by atoms with Gasteiger partial charge in [-0.15, -0.1) is 0 Å². The Morgan fingerprint density at radius 3 is 2.26 bits per heavy atom. The van der Waals surface area contributed by atoms with Gasteiger partial charge in [-0.25, -0.2) is 0 Å². The molecule has 0 aromatic heterocycles. The van der Waals surface area contributed by atoms with E-state index in [2.05, 4.69) is 30.8 Å². The van der Waals surface area contributed by atoms with Gasteiger partial charge in [-0.2, -0.15) is 0 Å². The number of hydrogen-bond acceptors (Lipinski definition) is 1. The average Bonchev–Trinajstić information content (AvgIpc) is 2.47. The van der Waals surface area contributed by atoms with Crippen molar-refractivity contribution >= 4 is 16.3 Å². The maximum Gasteiger partial charge on any atom is 0.115 e. The lowest BCUT2D eigenvalue weighted by Crippen LogP contribution is -1.87. The molecule has 1 heteroatoms. The average molecular weight is 246 g/mol. The zero-order chi connectivity index (χ0) is 13.2. The summed E-state index contributed by atoms with van der Waals surface area (Å²) in [5.74, 6) is 0.273. The second-order valence-corrected chi connectivity index (χ2v) is 4.55. The Balaban J connectivity index is 2.14. The van der Waals surface area contributed by atoms with E-state index in [1.165, 1.54) is 10.8 Å². The topological polar surface area (TPSA) is 20.2 Å². The molecule has 0 atom stereocenters. The summed E-state index contributed by atoms with van der Waals surface area (Å²) in [5, 5.41) is 11.8. The van der Waals surface area contributed by atoms with Gasteiger partial charge in [-0.05, 0) is 39.6 Å². The second-order valence-electron chi connectivity index (χ2n) is 4.55. The van der Waals surface area contributed by atoms with Crippen LogP contribution in [-0.2, 0) is 0 Å². The fraction of sp³-hybridized carbons (Fsp3) is 0. The van der Waals surface area contributed by atoms with Gasteiger partial charge in [0.15, 0.2) is 0 Å². The molecule has 1 N–H and O–H groups in total. The molecule has 0 aliphatic heterocycles. The first-order chi connectivity index (χ1) is 9.25. The molecule has 0 radical (unpaired) electrons. The van der Waals surface area contributed by atoms with Crippen LogP contribution in [0.3, 0.4) is 0 Å². The Hall–Kier alpha value is -2.54. The lowest BCUT2D eigenvalue weighted by atomic mass is 9.94. The third-order valence-corrected chi connectivity index (χ3v) is 3.33. The van der Waals surface area contributed by atoms with Crippen LogP contribution in [-0.4, -0.2) is 5.11 Å². The van der Waals surface area contributed by atoms with E-state index < -0.39 is 0 Å². The summed E-state index contributed by atoms with van der Waals surface area (Å²) in [5.41, 5.74) is 3.12. The zero-order valence-electron chi connectivity index (χ0n) is 10.5. The maximum absolute atomic E-state index is 9.35. The number of hydrogen-bond donors (Lipinski definition) is 1. The molecule has 1 nitrogen and oxygen atoms in total. The predicted octanol–water partition coefficient (Wildman–Crippen LogP) is 4.61. The van der Waals surface area contributed by atoms with E-state index >= 15 is 0 Å². The van der Waals surface area contributed by atoms with E-state index in [1.54, 1.807) is 12.1 Å². The summed E-state index contributed by atoms with van der Waals surface area (Å²) in [6.07, 6.45) is 0. The molecule has 3 aromatic rings. The van der Waals surface area contributed by atoms with Crippen LogP contribution in [0.1, 0.15) is 11.1 Å². The minimum absolute atomic E-state index is 0.273. The summed E-state index contributed by atoms with van der Waals surface area (Å²) < 4.78 is 0. The van der Waals surface area contributed by atoms with Crippen molar-refractivity contribution in [1.82, 2.24) is 0 Å². The molecule has 0 saturated carbocycles. The lowest BCUT2D eigenvalue weighted by Gasteiger charge is -2.10. The highest BCUT2D eigenvalue weighted by molar-refractivity contribution is 5.97. The molecule has 0 heterocycles. The molecule has 0 saturated heterocycles.